The molecule has 1 amide bonds. The van der Waals surface area contributed by atoms with Crippen molar-refractivity contribution in [3.05, 3.63) is 59.5 Å². The summed E-state index contributed by atoms with van der Waals surface area (Å²) in [6.07, 6.45) is 3.55. The highest BCUT2D eigenvalue weighted by molar-refractivity contribution is 6.08. The lowest BCUT2D eigenvalue weighted by Gasteiger charge is -2.07. The van der Waals surface area contributed by atoms with Crippen molar-refractivity contribution in [3.63, 3.8) is 0 Å². The third-order valence-electron chi connectivity index (χ3n) is 3.61. The van der Waals surface area contributed by atoms with Crippen molar-refractivity contribution in [2.75, 3.05) is 5.32 Å². The Hall–Kier alpha value is -3.22. The van der Waals surface area contributed by atoms with Gasteiger partial charge < -0.3 is 10.4 Å². The van der Waals surface area contributed by atoms with E-state index in [0.717, 1.165) is 18.7 Å². The summed E-state index contributed by atoms with van der Waals surface area (Å²) >= 11 is 0. The highest BCUT2D eigenvalue weighted by atomic mass is 16.4. The molecule has 3 rings (SSSR count). The molecular formula is C17H16N4O3. The number of benzene rings is 1. The normalized spacial score (nSPS) is 10.7. The molecule has 0 unspecified atom stereocenters. The Morgan fingerprint density at radius 3 is 2.58 bits per heavy atom. The lowest BCUT2D eigenvalue weighted by Crippen LogP contribution is -2.13. The minimum absolute atomic E-state index is 0.164. The molecular weight excluding hydrogens is 308 g/mol. The maximum atomic E-state index is 12.5. The Bertz CT molecular complexity index is 900. The fourth-order valence-electron chi connectivity index (χ4n) is 2.43. The van der Waals surface area contributed by atoms with E-state index in [1.807, 2.05) is 10.6 Å². The van der Waals surface area contributed by atoms with Crippen LogP contribution in [0.1, 0.15) is 39.9 Å². The van der Waals surface area contributed by atoms with E-state index in [2.05, 4.69) is 22.4 Å². The van der Waals surface area contributed by atoms with Crippen molar-refractivity contribution in [3.8, 4) is 0 Å². The number of nitrogens with one attached hydrogen (secondary N) is 1. The third-order valence-corrected chi connectivity index (χ3v) is 3.61. The highest BCUT2D eigenvalue weighted by Gasteiger charge is 2.15. The molecule has 0 bridgehead atoms. The average molecular weight is 324 g/mol. The van der Waals surface area contributed by atoms with Crippen LogP contribution in [0.3, 0.4) is 0 Å². The van der Waals surface area contributed by atoms with Gasteiger partial charge in [-0.25, -0.2) is 4.79 Å². The summed E-state index contributed by atoms with van der Waals surface area (Å²) in [5.41, 5.74) is 1.59. The van der Waals surface area contributed by atoms with Crippen LogP contribution >= 0.6 is 0 Å². The molecule has 122 valence electrons. The van der Waals surface area contributed by atoms with E-state index in [-0.39, 0.29) is 11.5 Å². The van der Waals surface area contributed by atoms with Gasteiger partial charge >= 0.3 is 5.97 Å². The van der Waals surface area contributed by atoms with E-state index >= 15 is 0 Å². The average Bonchev–Trinajstić information content (AvgIpc) is 2.99. The summed E-state index contributed by atoms with van der Waals surface area (Å²) in [6.45, 7) is 2.05. The van der Waals surface area contributed by atoms with Crippen LogP contribution in [-0.2, 0) is 6.42 Å². The number of hydrogen-bond donors (Lipinski definition) is 2. The fourth-order valence-corrected chi connectivity index (χ4v) is 2.43. The lowest BCUT2D eigenvalue weighted by molar-refractivity contribution is 0.0696. The minimum Gasteiger partial charge on any atom is -0.478 e. The SMILES string of the molecule is CCCc1nnc2c(C(=O)Nc3ccc(C(=O)O)cc3)cccn12. The summed E-state index contributed by atoms with van der Waals surface area (Å²) < 4.78 is 1.81. The molecule has 3 aromatic rings. The Labute approximate surface area is 138 Å². The largest absolute Gasteiger partial charge is 0.478 e. The van der Waals surface area contributed by atoms with Gasteiger partial charge in [-0.05, 0) is 42.8 Å². The number of carbonyl (C=O) groups is 2. The zero-order chi connectivity index (χ0) is 17.1. The van der Waals surface area contributed by atoms with Gasteiger partial charge in [-0.1, -0.05) is 6.92 Å². The molecule has 7 heteroatoms. The number of rotatable bonds is 5. The molecule has 0 saturated heterocycles. The molecule has 7 nitrogen and oxygen atoms in total. The van der Waals surface area contributed by atoms with E-state index in [9.17, 15) is 9.59 Å². The number of carboxylic acid groups (broad SMARTS) is 1. The first-order valence-electron chi connectivity index (χ1n) is 7.57. The summed E-state index contributed by atoms with van der Waals surface area (Å²) in [5.74, 6) is -0.517. The number of pyridine rings is 1. The quantitative estimate of drug-likeness (QED) is 0.752. The van der Waals surface area contributed by atoms with Crippen LogP contribution in [0, 0.1) is 0 Å². The van der Waals surface area contributed by atoms with Gasteiger partial charge in [0, 0.05) is 18.3 Å². The zero-order valence-electron chi connectivity index (χ0n) is 13.1. The zero-order valence-corrected chi connectivity index (χ0v) is 13.1. The topological polar surface area (TPSA) is 96.6 Å². The number of anilines is 1. The van der Waals surface area contributed by atoms with Crippen LogP contribution in [0.2, 0.25) is 0 Å². The van der Waals surface area contributed by atoms with Gasteiger partial charge in [0.05, 0.1) is 11.1 Å². The van der Waals surface area contributed by atoms with Crippen LogP contribution < -0.4 is 5.32 Å². The maximum absolute atomic E-state index is 12.5. The number of nitrogens with zero attached hydrogens (tertiary/aromatic N) is 3. The second kappa shape index (κ2) is 6.49. The molecule has 0 spiro atoms. The second-order valence-corrected chi connectivity index (χ2v) is 5.32. The fraction of sp³-hybridized carbons (Fsp3) is 0.176. The molecule has 24 heavy (non-hydrogen) atoms. The van der Waals surface area contributed by atoms with Gasteiger partial charge in [0.1, 0.15) is 5.82 Å². The summed E-state index contributed by atoms with van der Waals surface area (Å²) in [7, 11) is 0. The van der Waals surface area contributed by atoms with Gasteiger partial charge in [-0.15, -0.1) is 10.2 Å². The summed E-state index contributed by atoms with van der Waals surface area (Å²) in [5, 5.41) is 19.9. The molecule has 2 heterocycles. The first kappa shape index (κ1) is 15.7. The van der Waals surface area contributed by atoms with Crippen molar-refractivity contribution in [2.45, 2.75) is 19.8 Å². The Morgan fingerprint density at radius 1 is 1.17 bits per heavy atom. The van der Waals surface area contributed by atoms with Crippen molar-refractivity contribution < 1.29 is 14.7 Å². The van der Waals surface area contributed by atoms with Gasteiger partial charge in [-0.2, -0.15) is 0 Å². The maximum Gasteiger partial charge on any atom is 0.335 e. The third kappa shape index (κ3) is 2.96. The highest BCUT2D eigenvalue weighted by Crippen LogP contribution is 2.15. The van der Waals surface area contributed by atoms with E-state index < -0.39 is 5.97 Å². The van der Waals surface area contributed by atoms with E-state index in [1.54, 1.807) is 24.3 Å². The van der Waals surface area contributed by atoms with Crippen LogP contribution in [0.5, 0.6) is 0 Å². The van der Waals surface area contributed by atoms with E-state index in [1.165, 1.54) is 12.1 Å². The van der Waals surface area contributed by atoms with Crippen molar-refractivity contribution in [1.82, 2.24) is 14.6 Å². The van der Waals surface area contributed by atoms with Crippen LogP contribution in [-0.4, -0.2) is 31.6 Å². The molecule has 1 aromatic carbocycles. The molecule has 2 aromatic heterocycles. The predicted octanol–water partition coefficient (Wildman–Crippen LogP) is 2.63. The number of amides is 1. The molecule has 0 saturated carbocycles. The Balaban J connectivity index is 1.87. The van der Waals surface area contributed by atoms with Gasteiger partial charge in [0.2, 0.25) is 0 Å². The van der Waals surface area contributed by atoms with Crippen LogP contribution in [0.15, 0.2) is 42.6 Å². The van der Waals surface area contributed by atoms with Gasteiger partial charge in [-0.3, -0.25) is 9.20 Å². The number of aromatic nitrogens is 3. The molecule has 0 fully saturated rings. The first-order valence-corrected chi connectivity index (χ1v) is 7.57. The van der Waals surface area contributed by atoms with Crippen molar-refractivity contribution >= 4 is 23.2 Å². The number of aryl methyl sites for hydroxylation is 1. The predicted molar refractivity (Wildman–Crippen MR) is 88.3 cm³/mol. The van der Waals surface area contributed by atoms with E-state index in [4.69, 9.17) is 5.11 Å². The standard InChI is InChI=1S/C17H16N4O3/c1-2-4-14-19-20-15-13(5-3-10-21(14)15)16(22)18-12-8-6-11(7-9-12)17(23)24/h3,5-10H,2,4H2,1H3,(H,18,22)(H,23,24). The molecule has 2 N–H and O–H groups in total. The number of aromatic carboxylic acids is 1. The smallest absolute Gasteiger partial charge is 0.335 e. The minimum atomic E-state index is -1.01. The molecule has 0 atom stereocenters. The van der Waals surface area contributed by atoms with Gasteiger partial charge in [0.15, 0.2) is 5.65 Å². The number of fused-ring (bicyclic) bond motifs is 1. The summed E-state index contributed by atoms with van der Waals surface area (Å²) in [6, 6.07) is 9.43. The number of hydrogen-bond acceptors (Lipinski definition) is 4. The summed E-state index contributed by atoms with van der Waals surface area (Å²) in [4.78, 5) is 23.4. The first-order chi connectivity index (χ1) is 11.6. The molecule has 0 aliphatic heterocycles. The monoisotopic (exact) mass is 324 g/mol. The number of carbonyl (C=O) groups excluding carboxylic acids is 1. The van der Waals surface area contributed by atoms with Crippen molar-refractivity contribution in [1.29, 1.82) is 0 Å². The van der Waals surface area contributed by atoms with Crippen LogP contribution in [0.25, 0.3) is 5.65 Å². The number of carboxylic acids is 1. The Kier molecular flexibility index (Phi) is 4.24. The van der Waals surface area contributed by atoms with Crippen LogP contribution in [0.4, 0.5) is 5.69 Å². The van der Waals surface area contributed by atoms with Crippen molar-refractivity contribution in [2.24, 2.45) is 0 Å². The lowest BCUT2D eigenvalue weighted by atomic mass is 10.2. The van der Waals surface area contributed by atoms with E-state index in [0.29, 0.717) is 16.9 Å². The molecule has 0 aliphatic carbocycles. The Morgan fingerprint density at radius 2 is 1.92 bits per heavy atom. The molecule has 0 radical (unpaired) electrons. The molecule has 0 aliphatic rings. The second-order valence-electron chi connectivity index (χ2n) is 5.32. The van der Waals surface area contributed by atoms with Gasteiger partial charge in [0.25, 0.3) is 5.91 Å².